The number of rotatable bonds is 0. The Morgan fingerprint density at radius 1 is 1.56 bits per heavy atom. The first-order chi connectivity index (χ1) is 4.21. The smallest absolute Gasteiger partial charge is 0.244 e. The molecule has 1 aliphatic rings. The summed E-state index contributed by atoms with van der Waals surface area (Å²) in [4.78, 5) is 9.22. The van der Waals surface area contributed by atoms with Crippen LogP contribution in [0.5, 0.6) is 0 Å². The molecule has 1 atom stereocenters. The molecular weight excluding hydrogens is 175 g/mol. The van der Waals surface area contributed by atoms with Crippen LogP contribution in [0.4, 0.5) is 0 Å². The van der Waals surface area contributed by atoms with Crippen LogP contribution in [0.2, 0.25) is 0 Å². The summed E-state index contributed by atoms with van der Waals surface area (Å²) in [6.07, 6.45) is 2.15. The molecule has 0 aromatic heterocycles. The van der Waals surface area contributed by atoms with Crippen LogP contribution < -0.4 is 0 Å². The highest BCUT2D eigenvalue weighted by Crippen LogP contribution is 2.57. The summed E-state index contributed by atoms with van der Waals surface area (Å²) >= 11 is 6.19. The first-order valence-electron chi connectivity index (χ1n) is 2.83. The quantitative estimate of drug-likeness (QED) is 0.581. The molecule has 0 amide bonds. The van der Waals surface area contributed by atoms with E-state index in [0.29, 0.717) is 6.61 Å². The normalized spacial score (nSPS) is 37.9. The van der Waals surface area contributed by atoms with Crippen molar-refractivity contribution in [3.8, 4) is 0 Å². The largest absolute Gasteiger partial charge is 0.337 e. The van der Waals surface area contributed by atoms with Crippen molar-refractivity contribution < 1.29 is 9.42 Å². The van der Waals surface area contributed by atoms with Crippen molar-refractivity contribution in [3.05, 3.63) is 0 Å². The van der Waals surface area contributed by atoms with Crippen LogP contribution in [0.1, 0.15) is 12.8 Å². The fourth-order valence-corrected chi connectivity index (χ4v) is 4.02. The first-order valence-corrected chi connectivity index (χ1v) is 7.09. The van der Waals surface area contributed by atoms with Crippen LogP contribution in [0, 0.1) is 0 Å². The van der Waals surface area contributed by atoms with Gasteiger partial charge < -0.3 is 9.42 Å². The molecule has 1 N–H and O–H groups in total. The Balaban J connectivity index is 2.45. The molecule has 9 heavy (non-hydrogen) atoms. The molecule has 1 aliphatic heterocycles. The van der Waals surface area contributed by atoms with Crippen molar-refractivity contribution in [2.75, 3.05) is 12.4 Å². The second-order valence-corrected chi connectivity index (χ2v) is 8.14. The summed E-state index contributed by atoms with van der Waals surface area (Å²) in [6, 6.07) is 0. The van der Waals surface area contributed by atoms with E-state index >= 15 is 0 Å². The molecule has 54 valence electrons. The van der Waals surface area contributed by atoms with E-state index < -0.39 is 5.69 Å². The zero-order valence-electron chi connectivity index (χ0n) is 4.95. The minimum atomic E-state index is -2.38. The molecular formula is C4H9O2PS2. The Bertz CT molecular complexity index is 127. The van der Waals surface area contributed by atoms with Gasteiger partial charge in [0.15, 0.2) is 0 Å². The zero-order chi connectivity index (χ0) is 6.74. The van der Waals surface area contributed by atoms with E-state index in [1.165, 1.54) is 11.4 Å². The predicted molar refractivity (Wildman–Crippen MR) is 44.1 cm³/mol. The summed E-state index contributed by atoms with van der Waals surface area (Å²) < 4.78 is 5.03. The molecule has 1 saturated heterocycles. The van der Waals surface area contributed by atoms with Crippen molar-refractivity contribution in [2.24, 2.45) is 0 Å². The topological polar surface area (TPSA) is 29.5 Å². The van der Waals surface area contributed by atoms with Gasteiger partial charge in [-0.15, -0.1) is 0 Å². The standard InChI is InChI=1S/C4H9O2PS2/c5-7(8)6-3-1-2-4-9-7/h1-4H2,(H,5,8). The lowest BCUT2D eigenvalue weighted by molar-refractivity contribution is 0.316. The number of hydrogen-bond donors (Lipinski definition) is 1. The third-order valence-electron chi connectivity index (χ3n) is 1.05. The van der Waals surface area contributed by atoms with E-state index in [0.717, 1.165) is 18.6 Å². The van der Waals surface area contributed by atoms with Crippen LogP contribution in [0.25, 0.3) is 0 Å². The summed E-state index contributed by atoms with van der Waals surface area (Å²) in [7, 11) is 0. The van der Waals surface area contributed by atoms with Gasteiger partial charge in [0.05, 0.1) is 6.61 Å². The van der Waals surface area contributed by atoms with Gasteiger partial charge in [0, 0.05) is 5.75 Å². The molecule has 1 heterocycles. The Morgan fingerprint density at radius 3 is 3.11 bits per heavy atom. The van der Waals surface area contributed by atoms with Crippen LogP contribution in [0.3, 0.4) is 0 Å². The maximum atomic E-state index is 9.22. The third-order valence-corrected chi connectivity index (χ3v) is 5.46. The van der Waals surface area contributed by atoms with E-state index in [2.05, 4.69) is 0 Å². The molecule has 0 aromatic rings. The van der Waals surface area contributed by atoms with Crippen molar-refractivity contribution in [3.63, 3.8) is 0 Å². The highest BCUT2D eigenvalue weighted by atomic mass is 32.9. The van der Waals surface area contributed by atoms with Gasteiger partial charge in [-0.05, 0) is 24.6 Å². The lowest BCUT2D eigenvalue weighted by Gasteiger charge is -2.09. The molecule has 2 nitrogen and oxygen atoms in total. The molecule has 0 aromatic carbocycles. The fraction of sp³-hybridized carbons (Fsp3) is 1.00. The summed E-state index contributed by atoms with van der Waals surface area (Å²) in [6.45, 7) is 0.640. The SMILES string of the molecule is OP1(=S)OCCCCS1. The van der Waals surface area contributed by atoms with Crippen LogP contribution in [0.15, 0.2) is 0 Å². The molecule has 0 saturated carbocycles. The molecule has 0 spiro atoms. The molecule has 1 fully saturated rings. The minimum absolute atomic E-state index is 0.640. The lowest BCUT2D eigenvalue weighted by Crippen LogP contribution is -1.84. The van der Waals surface area contributed by atoms with Crippen LogP contribution in [-0.4, -0.2) is 17.3 Å². The highest BCUT2D eigenvalue weighted by molar-refractivity contribution is 8.67. The molecule has 1 unspecified atom stereocenters. The van der Waals surface area contributed by atoms with E-state index in [4.69, 9.17) is 16.3 Å². The molecule has 0 radical (unpaired) electrons. The Labute approximate surface area is 63.9 Å². The van der Waals surface area contributed by atoms with E-state index in [1.54, 1.807) is 0 Å². The average Bonchev–Trinajstić information content (AvgIpc) is 1.92. The van der Waals surface area contributed by atoms with Crippen molar-refractivity contribution in [2.45, 2.75) is 12.8 Å². The monoisotopic (exact) mass is 184 g/mol. The van der Waals surface area contributed by atoms with E-state index in [-0.39, 0.29) is 0 Å². The zero-order valence-corrected chi connectivity index (χ0v) is 7.48. The van der Waals surface area contributed by atoms with Crippen molar-refractivity contribution in [1.29, 1.82) is 0 Å². The van der Waals surface area contributed by atoms with E-state index in [1.807, 2.05) is 0 Å². The van der Waals surface area contributed by atoms with Crippen molar-refractivity contribution in [1.82, 2.24) is 0 Å². The predicted octanol–water partition coefficient (Wildman–Crippen LogP) is 1.75. The van der Waals surface area contributed by atoms with Crippen LogP contribution >= 0.6 is 17.1 Å². The first kappa shape index (κ1) is 8.02. The highest BCUT2D eigenvalue weighted by Gasteiger charge is 2.16. The number of hydrogen-bond acceptors (Lipinski definition) is 3. The van der Waals surface area contributed by atoms with Gasteiger partial charge in [-0.3, -0.25) is 0 Å². The maximum Gasteiger partial charge on any atom is 0.244 e. The third kappa shape index (κ3) is 3.01. The van der Waals surface area contributed by atoms with Gasteiger partial charge in [-0.25, -0.2) is 0 Å². The molecule has 5 heteroatoms. The van der Waals surface area contributed by atoms with Gasteiger partial charge in [-0.1, -0.05) is 11.4 Å². The Hall–Kier alpha value is 0.920. The summed E-state index contributed by atoms with van der Waals surface area (Å²) in [5.41, 5.74) is -2.38. The van der Waals surface area contributed by atoms with E-state index in [9.17, 15) is 4.89 Å². The van der Waals surface area contributed by atoms with Gasteiger partial charge in [0.25, 0.3) is 0 Å². The minimum Gasteiger partial charge on any atom is -0.337 e. The Morgan fingerprint density at radius 2 is 2.33 bits per heavy atom. The van der Waals surface area contributed by atoms with Gasteiger partial charge in [0.2, 0.25) is 5.69 Å². The fourth-order valence-electron chi connectivity index (χ4n) is 0.601. The molecule has 1 rings (SSSR count). The Kier molecular flexibility index (Phi) is 2.99. The molecule has 0 bridgehead atoms. The van der Waals surface area contributed by atoms with Gasteiger partial charge in [0.1, 0.15) is 0 Å². The summed E-state index contributed by atoms with van der Waals surface area (Å²) in [5, 5.41) is 0. The lowest BCUT2D eigenvalue weighted by atomic mass is 10.4. The van der Waals surface area contributed by atoms with Crippen LogP contribution in [-0.2, 0) is 16.3 Å². The maximum absolute atomic E-state index is 9.22. The second kappa shape index (κ2) is 3.35. The second-order valence-electron chi connectivity index (χ2n) is 1.84. The summed E-state index contributed by atoms with van der Waals surface area (Å²) in [5.74, 6) is 0.952. The molecule has 0 aliphatic carbocycles. The van der Waals surface area contributed by atoms with Gasteiger partial charge in [-0.2, -0.15) is 0 Å². The van der Waals surface area contributed by atoms with Gasteiger partial charge >= 0.3 is 0 Å². The average molecular weight is 184 g/mol. The van der Waals surface area contributed by atoms with Crippen molar-refractivity contribution >= 4 is 28.9 Å².